The number of benzene rings is 1. The maximum Gasteiger partial charge on any atom is 0.341 e. The van der Waals surface area contributed by atoms with E-state index in [2.05, 4.69) is 13.8 Å². The van der Waals surface area contributed by atoms with Gasteiger partial charge >= 0.3 is 5.76 Å². The number of hydrogen-bond donors (Lipinski definition) is 0. The lowest BCUT2D eigenvalue weighted by Crippen LogP contribution is -2.11. The van der Waals surface area contributed by atoms with Crippen molar-refractivity contribution < 1.29 is 17.2 Å². The summed E-state index contributed by atoms with van der Waals surface area (Å²) < 4.78 is 47.0. The van der Waals surface area contributed by atoms with Crippen LogP contribution in [-0.4, -0.2) is 19.9 Å². The van der Waals surface area contributed by atoms with Crippen LogP contribution in [0.1, 0.15) is 20.3 Å². The van der Waals surface area contributed by atoms with Gasteiger partial charge in [0.15, 0.2) is 0 Å². The summed E-state index contributed by atoms with van der Waals surface area (Å²) in [6, 6.07) is 5.61. The molecule has 0 amide bonds. The normalized spacial score (nSPS) is 12.3. The molecule has 102 valence electrons. The van der Waals surface area contributed by atoms with E-state index in [1.807, 2.05) is 0 Å². The van der Waals surface area contributed by atoms with Crippen LogP contribution in [0.2, 0.25) is 0 Å². The van der Waals surface area contributed by atoms with Crippen molar-refractivity contribution in [1.29, 1.82) is 0 Å². The molecule has 1 aromatic rings. The fourth-order valence-electron chi connectivity index (χ4n) is 1.24. The monoisotopic (exact) mass is 294 g/mol. The van der Waals surface area contributed by atoms with Crippen LogP contribution >= 0.6 is 11.8 Å². The van der Waals surface area contributed by atoms with E-state index in [9.17, 15) is 17.2 Å². The third-order valence-corrected chi connectivity index (χ3v) is 4.79. The molecule has 0 heterocycles. The quantitative estimate of drug-likeness (QED) is 0.748. The largest absolute Gasteiger partial charge is 0.341 e. The summed E-state index contributed by atoms with van der Waals surface area (Å²) in [6.07, 6.45) is 1.06. The van der Waals surface area contributed by atoms with Crippen molar-refractivity contribution in [2.75, 3.05) is 5.75 Å². The van der Waals surface area contributed by atoms with E-state index in [-0.39, 0.29) is 4.90 Å². The van der Waals surface area contributed by atoms with Crippen LogP contribution in [0, 0.1) is 5.92 Å². The maximum absolute atomic E-state index is 12.3. The predicted octanol–water partition coefficient (Wildman–Crippen LogP) is 3.82. The average Bonchev–Trinajstić information content (AvgIpc) is 2.29. The van der Waals surface area contributed by atoms with Crippen LogP contribution < -0.4 is 0 Å². The second-order valence-corrected chi connectivity index (χ2v) is 7.39. The zero-order valence-electron chi connectivity index (χ0n) is 10.3. The Hall–Kier alpha value is -0.620. The molecule has 1 rings (SSSR count). The fourth-order valence-corrected chi connectivity index (χ4v) is 3.12. The Morgan fingerprint density at radius 1 is 1.17 bits per heavy atom. The molecule has 6 heteroatoms. The van der Waals surface area contributed by atoms with Gasteiger partial charge in [-0.25, -0.2) is 8.42 Å². The molecule has 0 aromatic heterocycles. The van der Waals surface area contributed by atoms with Gasteiger partial charge in [0, 0.05) is 4.90 Å². The van der Waals surface area contributed by atoms with Gasteiger partial charge in [0.05, 0.1) is 4.90 Å². The first kappa shape index (κ1) is 15.4. The lowest BCUT2D eigenvalue weighted by Gasteiger charge is -2.06. The van der Waals surface area contributed by atoms with Gasteiger partial charge in [-0.1, -0.05) is 13.8 Å². The highest BCUT2D eigenvalue weighted by Gasteiger charge is 2.26. The molecule has 0 aliphatic rings. The number of alkyl halides is 2. The Bertz CT molecular complexity index is 467. The van der Waals surface area contributed by atoms with Gasteiger partial charge in [0.2, 0.25) is 9.84 Å². The van der Waals surface area contributed by atoms with Crippen LogP contribution in [0.15, 0.2) is 34.1 Å². The Morgan fingerprint density at radius 2 is 1.72 bits per heavy atom. The maximum atomic E-state index is 12.3. The predicted molar refractivity (Wildman–Crippen MR) is 69.8 cm³/mol. The Kier molecular flexibility index (Phi) is 5.59. The van der Waals surface area contributed by atoms with Gasteiger partial charge < -0.3 is 0 Å². The average molecular weight is 294 g/mol. The highest BCUT2D eigenvalue weighted by Crippen LogP contribution is 2.24. The smallest absolute Gasteiger partial charge is 0.218 e. The summed E-state index contributed by atoms with van der Waals surface area (Å²) in [5.74, 6) is -1.83. The van der Waals surface area contributed by atoms with Crippen LogP contribution in [0.3, 0.4) is 0 Å². The molecule has 0 bridgehead atoms. The van der Waals surface area contributed by atoms with Crippen LogP contribution in [0.5, 0.6) is 0 Å². The van der Waals surface area contributed by atoms with Crippen molar-refractivity contribution in [2.45, 2.75) is 35.8 Å². The van der Waals surface area contributed by atoms with Gasteiger partial charge in [0.25, 0.3) is 0 Å². The molecule has 0 atom stereocenters. The lowest BCUT2D eigenvalue weighted by molar-refractivity contribution is 0.234. The first-order chi connectivity index (χ1) is 8.34. The summed E-state index contributed by atoms with van der Waals surface area (Å²) in [4.78, 5) is 0.564. The van der Waals surface area contributed by atoms with Crippen molar-refractivity contribution in [1.82, 2.24) is 0 Å². The summed E-state index contributed by atoms with van der Waals surface area (Å²) in [7, 11) is -4.47. The number of sulfone groups is 1. The molecule has 0 N–H and O–H groups in total. The fraction of sp³-hybridized carbons (Fsp3) is 0.500. The first-order valence-electron chi connectivity index (χ1n) is 5.59. The van der Waals surface area contributed by atoms with E-state index in [1.165, 1.54) is 12.1 Å². The minimum Gasteiger partial charge on any atom is -0.218 e. The molecule has 0 aliphatic heterocycles. The van der Waals surface area contributed by atoms with Gasteiger partial charge in [-0.15, -0.1) is 11.8 Å². The molecule has 0 spiro atoms. The van der Waals surface area contributed by atoms with Crippen molar-refractivity contribution in [2.24, 2.45) is 5.92 Å². The zero-order valence-corrected chi connectivity index (χ0v) is 11.9. The van der Waals surface area contributed by atoms with E-state index in [0.717, 1.165) is 17.1 Å². The highest BCUT2D eigenvalue weighted by molar-refractivity contribution is 7.99. The van der Waals surface area contributed by atoms with Gasteiger partial charge in [-0.05, 0) is 42.4 Å². The molecule has 0 unspecified atom stereocenters. The third-order valence-electron chi connectivity index (χ3n) is 2.35. The molecule has 0 aliphatic carbocycles. The molecule has 0 fully saturated rings. The minimum absolute atomic E-state index is 0.328. The van der Waals surface area contributed by atoms with Crippen molar-refractivity contribution in [3.05, 3.63) is 24.3 Å². The van der Waals surface area contributed by atoms with Gasteiger partial charge in [-0.3, -0.25) is 0 Å². The summed E-state index contributed by atoms with van der Waals surface area (Å²) >= 11 is 1.59. The van der Waals surface area contributed by atoms with Crippen LogP contribution in [0.25, 0.3) is 0 Å². The van der Waals surface area contributed by atoms with Crippen molar-refractivity contribution in [3.8, 4) is 0 Å². The second-order valence-electron chi connectivity index (χ2n) is 4.31. The Balaban J connectivity index is 2.69. The van der Waals surface area contributed by atoms with E-state index in [4.69, 9.17) is 0 Å². The molecule has 1 aromatic carbocycles. The Labute approximate surface area is 111 Å². The van der Waals surface area contributed by atoms with E-state index >= 15 is 0 Å². The summed E-state index contributed by atoms with van der Waals surface area (Å²) in [6.45, 7) is 4.25. The SMILES string of the molecule is CC(C)CCSc1ccc(S(=O)(=O)C(F)F)cc1. The molecule has 18 heavy (non-hydrogen) atoms. The van der Waals surface area contributed by atoms with Crippen molar-refractivity contribution >= 4 is 21.6 Å². The van der Waals surface area contributed by atoms with Gasteiger partial charge in [-0.2, -0.15) is 8.78 Å². The van der Waals surface area contributed by atoms with Crippen LogP contribution in [-0.2, 0) is 9.84 Å². The number of hydrogen-bond acceptors (Lipinski definition) is 3. The number of thioether (sulfide) groups is 1. The van der Waals surface area contributed by atoms with Crippen LogP contribution in [0.4, 0.5) is 8.78 Å². The topological polar surface area (TPSA) is 34.1 Å². The minimum atomic E-state index is -4.47. The zero-order chi connectivity index (χ0) is 13.8. The molecule has 0 radical (unpaired) electrons. The highest BCUT2D eigenvalue weighted by atomic mass is 32.2. The van der Waals surface area contributed by atoms with E-state index in [0.29, 0.717) is 5.92 Å². The van der Waals surface area contributed by atoms with E-state index < -0.39 is 15.6 Å². The first-order valence-corrected chi connectivity index (χ1v) is 8.12. The molecule has 0 saturated heterocycles. The molecule has 2 nitrogen and oxygen atoms in total. The molecular formula is C12H16F2O2S2. The van der Waals surface area contributed by atoms with E-state index in [1.54, 1.807) is 23.9 Å². The lowest BCUT2D eigenvalue weighted by atomic mass is 10.2. The summed E-state index contributed by atoms with van der Waals surface area (Å²) in [5, 5.41) is 0. The third kappa shape index (κ3) is 4.24. The second kappa shape index (κ2) is 6.52. The van der Waals surface area contributed by atoms with Gasteiger partial charge in [0.1, 0.15) is 0 Å². The summed E-state index contributed by atoms with van der Waals surface area (Å²) in [5.41, 5.74) is 0. The Morgan fingerprint density at radius 3 is 2.17 bits per heavy atom. The van der Waals surface area contributed by atoms with Crippen molar-refractivity contribution in [3.63, 3.8) is 0 Å². The molecular weight excluding hydrogens is 278 g/mol. The number of rotatable bonds is 6. The standard InChI is InChI=1S/C12H16F2O2S2/c1-9(2)7-8-17-10-3-5-11(6-4-10)18(15,16)12(13)14/h3-6,9,12H,7-8H2,1-2H3. The number of halogens is 2. The molecule has 0 saturated carbocycles.